The summed E-state index contributed by atoms with van der Waals surface area (Å²) in [5, 5.41) is 10.3. The lowest BCUT2D eigenvalue weighted by Crippen LogP contribution is -2.32. The van der Waals surface area contributed by atoms with Crippen molar-refractivity contribution in [3.05, 3.63) is 0 Å². The molecule has 0 bridgehead atoms. The maximum absolute atomic E-state index is 11.9. The fourth-order valence-electron chi connectivity index (χ4n) is 3.27. The van der Waals surface area contributed by atoms with Gasteiger partial charge in [0.15, 0.2) is 0 Å². The molecule has 0 aromatic heterocycles. The highest BCUT2D eigenvalue weighted by Crippen LogP contribution is 2.33. The fraction of sp³-hybridized carbons (Fsp3) is 0.929. The summed E-state index contributed by atoms with van der Waals surface area (Å²) < 4.78 is 0. The zero-order valence-electron chi connectivity index (χ0n) is 10.2. The van der Waals surface area contributed by atoms with Gasteiger partial charge in [-0.1, -0.05) is 32.1 Å². The summed E-state index contributed by atoms with van der Waals surface area (Å²) in [6, 6.07) is 0. The third-order valence-corrected chi connectivity index (χ3v) is 4.43. The van der Waals surface area contributed by atoms with Gasteiger partial charge < -0.3 is 5.11 Å². The summed E-state index contributed by atoms with van der Waals surface area (Å²) in [6.45, 7) is 0. The summed E-state index contributed by atoms with van der Waals surface area (Å²) in [7, 11) is 0. The van der Waals surface area contributed by atoms with Crippen molar-refractivity contribution in [1.82, 2.24) is 0 Å². The van der Waals surface area contributed by atoms with Crippen LogP contribution in [0.2, 0.25) is 0 Å². The molecule has 92 valence electrons. The van der Waals surface area contributed by atoms with Crippen LogP contribution in [0.1, 0.15) is 70.6 Å². The molecule has 2 aliphatic rings. The lowest BCUT2D eigenvalue weighted by molar-refractivity contribution is -0.124. The zero-order chi connectivity index (χ0) is 11.4. The molecule has 0 spiro atoms. The van der Waals surface area contributed by atoms with Gasteiger partial charge in [-0.15, -0.1) is 0 Å². The van der Waals surface area contributed by atoms with Gasteiger partial charge in [0.05, 0.1) is 5.60 Å². The van der Waals surface area contributed by atoms with Crippen molar-refractivity contribution in [3.63, 3.8) is 0 Å². The molecule has 2 saturated carbocycles. The smallest absolute Gasteiger partial charge is 0.136 e. The molecule has 0 aromatic rings. The summed E-state index contributed by atoms with van der Waals surface area (Å²) in [5.41, 5.74) is -0.507. The molecular formula is C14H24O2. The van der Waals surface area contributed by atoms with E-state index in [-0.39, 0.29) is 0 Å². The quantitative estimate of drug-likeness (QED) is 0.796. The van der Waals surface area contributed by atoms with Crippen LogP contribution in [0.25, 0.3) is 0 Å². The van der Waals surface area contributed by atoms with E-state index in [0.29, 0.717) is 24.5 Å². The van der Waals surface area contributed by atoms with Gasteiger partial charge in [-0.2, -0.15) is 0 Å². The Balaban J connectivity index is 1.75. The van der Waals surface area contributed by atoms with Crippen LogP contribution >= 0.6 is 0 Å². The molecule has 16 heavy (non-hydrogen) atoms. The van der Waals surface area contributed by atoms with Gasteiger partial charge in [-0.3, -0.25) is 4.79 Å². The summed E-state index contributed by atoms with van der Waals surface area (Å²) in [4.78, 5) is 11.9. The lowest BCUT2D eigenvalue weighted by atomic mass is 9.80. The Morgan fingerprint density at radius 3 is 2.31 bits per heavy atom. The van der Waals surface area contributed by atoms with E-state index in [1.54, 1.807) is 0 Å². The molecule has 2 heteroatoms. The topological polar surface area (TPSA) is 37.3 Å². The minimum atomic E-state index is -0.507. The molecule has 0 amide bonds. The van der Waals surface area contributed by atoms with Crippen molar-refractivity contribution in [2.75, 3.05) is 0 Å². The number of carbonyl (C=O) groups is 1. The molecular weight excluding hydrogens is 200 g/mol. The van der Waals surface area contributed by atoms with E-state index in [2.05, 4.69) is 0 Å². The largest absolute Gasteiger partial charge is 0.390 e. The number of ketones is 1. The van der Waals surface area contributed by atoms with Gasteiger partial charge in [0, 0.05) is 12.3 Å². The monoisotopic (exact) mass is 224 g/mol. The van der Waals surface area contributed by atoms with Crippen LogP contribution in [0, 0.1) is 5.92 Å². The Kier molecular flexibility index (Phi) is 4.01. The fourth-order valence-corrected chi connectivity index (χ4v) is 3.27. The molecule has 2 aliphatic carbocycles. The Hall–Kier alpha value is -0.370. The maximum Gasteiger partial charge on any atom is 0.136 e. The second-order valence-corrected chi connectivity index (χ2v) is 5.73. The summed E-state index contributed by atoms with van der Waals surface area (Å²) >= 11 is 0. The van der Waals surface area contributed by atoms with E-state index < -0.39 is 5.60 Å². The number of carbonyl (C=O) groups excluding carboxylic acids is 1. The van der Waals surface area contributed by atoms with Crippen LogP contribution in [0.4, 0.5) is 0 Å². The van der Waals surface area contributed by atoms with Gasteiger partial charge in [0.2, 0.25) is 0 Å². The predicted molar refractivity (Wildman–Crippen MR) is 64.2 cm³/mol. The predicted octanol–water partition coefficient (Wildman–Crippen LogP) is 3.22. The van der Waals surface area contributed by atoms with Crippen LogP contribution in [-0.4, -0.2) is 16.5 Å². The first-order chi connectivity index (χ1) is 7.70. The van der Waals surface area contributed by atoms with Crippen molar-refractivity contribution in [1.29, 1.82) is 0 Å². The average molecular weight is 224 g/mol. The minimum absolute atomic E-state index is 0.326. The Morgan fingerprint density at radius 2 is 1.69 bits per heavy atom. The van der Waals surface area contributed by atoms with Crippen molar-refractivity contribution < 1.29 is 9.90 Å². The maximum atomic E-state index is 11.9. The van der Waals surface area contributed by atoms with Gasteiger partial charge in [0.1, 0.15) is 5.78 Å². The highest BCUT2D eigenvalue weighted by atomic mass is 16.3. The molecule has 1 N–H and O–H groups in total. The number of aliphatic hydroxyl groups is 1. The van der Waals surface area contributed by atoms with Crippen LogP contribution in [0.5, 0.6) is 0 Å². The Labute approximate surface area is 98.4 Å². The van der Waals surface area contributed by atoms with Crippen molar-refractivity contribution >= 4 is 5.78 Å². The van der Waals surface area contributed by atoms with Gasteiger partial charge in [0.25, 0.3) is 0 Å². The molecule has 2 nitrogen and oxygen atoms in total. The molecule has 0 atom stereocenters. The van der Waals surface area contributed by atoms with E-state index in [1.165, 1.54) is 19.3 Å². The van der Waals surface area contributed by atoms with E-state index >= 15 is 0 Å². The summed E-state index contributed by atoms with van der Waals surface area (Å²) in [6.07, 6.45) is 11.3. The third kappa shape index (κ3) is 3.07. The standard InChI is InChI=1S/C14H24O2/c15-13(12-6-2-3-7-12)8-11-14(16)9-4-1-5-10-14/h12,16H,1-11H2. The van der Waals surface area contributed by atoms with Crippen molar-refractivity contribution in [2.24, 2.45) is 5.92 Å². The minimum Gasteiger partial charge on any atom is -0.390 e. The number of hydrogen-bond acceptors (Lipinski definition) is 2. The number of hydrogen-bond donors (Lipinski definition) is 1. The first-order valence-corrected chi connectivity index (χ1v) is 6.95. The first kappa shape index (κ1) is 12.1. The Bertz CT molecular complexity index is 235. The van der Waals surface area contributed by atoms with E-state index in [4.69, 9.17) is 0 Å². The molecule has 0 aliphatic heterocycles. The average Bonchev–Trinajstić information content (AvgIpc) is 2.80. The molecule has 0 radical (unpaired) electrons. The van der Waals surface area contributed by atoms with Gasteiger partial charge in [-0.25, -0.2) is 0 Å². The second kappa shape index (κ2) is 5.31. The molecule has 2 fully saturated rings. The molecule has 0 unspecified atom stereocenters. The highest BCUT2D eigenvalue weighted by Gasteiger charge is 2.31. The molecule has 0 heterocycles. The van der Waals surface area contributed by atoms with Crippen LogP contribution in [0.15, 0.2) is 0 Å². The zero-order valence-corrected chi connectivity index (χ0v) is 10.2. The van der Waals surface area contributed by atoms with Gasteiger partial charge in [-0.05, 0) is 32.1 Å². The van der Waals surface area contributed by atoms with E-state index in [1.807, 2.05) is 0 Å². The van der Waals surface area contributed by atoms with Crippen molar-refractivity contribution in [3.8, 4) is 0 Å². The molecule has 0 saturated heterocycles. The van der Waals surface area contributed by atoms with E-state index in [0.717, 1.165) is 38.5 Å². The second-order valence-electron chi connectivity index (χ2n) is 5.73. The van der Waals surface area contributed by atoms with Crippen LogP contribution in [0.3, 0.4) is 0 Å². The van der Waals surface area contributed by atoms with E-state index in [9.17, 15) is 9.90 Å². The number of Topliss-reactive ketones (excluding diaryl/α,β-unsaturated/α-hetero) is 1. The third-order valence-electron chi connectivity index (χ3n) is 4.43. The molecule has 0 aromatic carbocycles. The van der Waals surface area contributed by atoms with Gasteiger partial charge >= 0.3 is 0 Å². The molecule has 2 rings (SSSR count). The SMILES string of the molecule is O=C(CCC1(O)CCCCC1)C1CCCC1. The van der Waals surface area contributed by atoms with Crippen molar-refractivity contribution in [2.45, 2.75) is 76.2 Å². The Morgan fingerprint density at radius 1 is 1.06 bits per heavy atom. The van der Waals surface area contributed by atoms with Crippen LogP contribution in [-0.2, 0) is 4.79 Å². The first-order valence-electron chi connectivity index (χ1n) is 6.95. The van der Waals surface area contributed by atoms with Crippen LogP contribution < -0.4 is 0 Å². The normalized spacial score (nSPS) is 25.8. The number of rotatable bonds is 4. The highest BCUT2D eigenvalue weighted by molar-refractivity contribution is 5.81. The lowest BCUT2D eigenvalue weighted by Gasteiger charge is -2.32. The summed E-state index contributed by atoms with van der Waals surface area (Å²) in [5.74, 6) is 0.740.